The van der Waals surface area contributed by atoms with Crippen molar-refractivity contribution in [3.05, 3.63) is 28.2 Å². The van der Waals surface area contributed by atoms with E-state index in [4.69, 9.17) is 4.74 Å². The second kappa shape index (κ2) is 7.27. The molecule has 3 nitrogen and oxygen atoms in total. The van der Waals surface area contributed by atoms with Crippen LogP contribution in [0, 0.1) is 5.92 Å². The smallest absolute Gasteiger partial charge is 0.133 e. The fraction of sp³-hybridized carbons (Fsp3) is 0.600. The van der Waals surface area contributed by atoms with Gasteiger partial charge in [0.05, 0.1) is 11.6 Å². The van der Waals surface area contributed by atoms with E-state index in [2.05, 4.69) is 45.2 Å². The van der Waals surface area contributed by atoms with Crippen molar-refractivity contribution in [2.24, 2.45) is 5.92 Å². The summed E-state index contributed by atoms with van der Waals surface area (Å²) < 4.78 is 6.26. The molecule has 1 saturated heterocycles. The van der Waals surface area contributed by atoms with Crippen molar-refractivity contribution in [2.75, 3.05) is 33.3 Å². The highest BCUT2D eigenvalue weighted by Gasteiger charge is 2.20. The van der Waals surface area contributed by atoms with Gasteiger partial charge in [-0.25, -0.2) is 0 Å². The fourth-order valence-electron chi connectivity index (χ4n) is 2.61. The molecule has 1 atom stereocenters. The van der Waals surface area contributed by atoms with Crippen molar-refractivity contribution in [1.82, 2.24) is 10.2 Å². The van der Waals surface area contributed by atoms with E-state index in [-0.39, 0.29) is 0 Å². The molecular weight excluding hydrogens is 304 g/mol. The zero-order valence-electron chi connectivity index (χ0n) is 11.8. The van der Waals surface area contributed by atoms with Crippen molar-refractivity contribution in [3.63, 3.8) is 0 Å². The van der Waals surface area contributed by atoms with Gasteiger partial charge in [-0.1, -0.05) is 13.0 Å². The fourth-order valence-corrected chi connectivity index (χ4v) is 3.20. The van der Waals surface area contributed by atoms with E-state index < -0.39 is 0 Å². The summed E-state index contributed by atoms with van der Waals surface area (Å²) >= 11 is 3.52. The number of likely N-dealkylation sites (tertiary alicyclic amines) is 1. The van der Waals surface area contributed by atoms with Gasteiger partial charge in [-0.3, -0.25) is 0 Å². The lowest BCUT2D eigenvalue weighted by Gasteiger charge is -2.14. The lowest BCUT2D eigenvalue weighted by molar-refractivity contribution is 0.339. The normalized spacial score (nSPS) is 19.8. The van der Waals surface area contributed by atoms with E-state index in [1.54, 1.807) is 7.11 Å². The largest absolute Gasteiger partial charge is 0.496 e. The quantitative estimate of drug-likeness (QED) is 0.869. The van der Waals surface area contributed by atoms with Gasteiger partial charge in [0.25, 0.3) is 0 Å². The lowest BCUT2D eigenvalue weighted by Crippen LogP contribution is -2.26. The Morgan fingerprint density at radius 2 is 2.32 bits per heavy atom. The summed E-state index contributed by atoms with van der Waals surface area (Å²) in [4.78, 5) is 2.52. The van der Waals surface area contributed by atoms with Gasteiger partial charge in [0.2, 0.25) is 0 Å². The number of hydrogen-bond donors (Lipinski definition) is 1. The standard InChI is InChI=1S/C15H23BrN2O/c1-3-18-7-6-13(11-18)10-17-9-12-4-5-15(19-2)14(16)8-12/h4-5,8,13,17H,3,6-7,9-11H2,1-2H3/t13-/m0/s1. The highest BCUT2D eigenvalue weighted by molar-refractivity contribution is 9.10. The number of benzene rings is 1. The number of nitrogens with zero attached hydrogens (tertiary/aromatic N) is 1. The van der Waals surface area contributed by atoms with E-state index in [0.29, 0.717) is 0 Å². The number of halogens is 1. The zero-order chi connectivity index (χ0) is 13.7. The van der Waals surface area contributed by atoms with Crippen LogP contribution in [0.25, 0.3) is 0 Å². The molecule has 0 aliphatic carbocycles. The second-order valence-corrected chi connectivity index (χ2v) is 6.00. The summed E-state index contributed by atoms with van der Waals surface area (Å²) in [6, 6.07) is 6.25. The predicted octanol–water partition coefficient (Wildman–Crippen LogP) is 2.89. The Hall–Kier alpha value is -0.580. The van der Waals surface area contributed by atoms with Crippen LogP contribution < -0.4 is 10.1 Å². The molecule has 0 radical (unpaired) electrons. The maximum Gasteiger partial charge on any atom is 0.133 e. The Bertz CT molecular complexity index is 411. The molecule has 19 heavy (non-hydrogen) atoms. The van der Waals surface area contributed by atoms with Gasteiger partial charge >= 0.3 is 0 Å². The number of rotatable bonds is 6. The number of ether oxygens (including phenoxy) is 1. The Balaban J connectivity index is 1.75. The topological polar surface area (TPSA) is 24.5 Å². The molecule has 1 aromatic carbocycles. The number of methoxy groups -OCH3 is 1. The zero-order valence-corrected chi connectivity index (χ0v) is 13.4. The molecule has 106 valence electrons. The van der Waals surface area contributed by atoms with Crippen LogP contribution in [0.3, 0.4) is 0 Å². The van der Waals surface area contributed by atoms with Crippen LogP contribution in [0.15, 0.2) is 22.7 Å². The molecular formula is C15H23BrN2O. The molecule has 1 fully saturated rings. The maximum absolute atomic E-state index is 5.24. The van der Waals surface area contributed by atoms with Gasteiger partial charge in [-0.2, -0.15) is 0 Å². The van der Waals surface area contributed by atoms with Crippen molar-refractivity contribution < 1.29 is 4.74 Å². The van der Waals surface area contributed by atoms with Crippen molar-refractivity contribution in [1.29, 1.82) is 0 Å². The average molecular weight is 327 g/mol. The van der Waals surface area contributed by atoms with Crippen molar-refractivity contribution in [2.45, 2.75) is 19.9 Å². The molecule has 0 saturated carbocycles. The molecule has 0 spiro atoms. The first-order valence-electron chi connectivity index (χ1n) is 6.98. The molecule has 4 heteroatoms. The Kier molecular flexibility index (Phi) is 5.67. The molecule has 1 heterocycles. The minimum Gasteiger partial charge on any atom is -0.496 e. The first-order chi connectivity index (χ1) is 9.22. The van der Waals surface area contributed by atoms with Gasteiger partial charge in [0, 0.05) is 13.1 Å². The number of nitrogens with one attached hydrogen (secondary N) is 1. The third-order valence-corrected chi connectivity index (χ3v) is 4.42. The van der Waals surface area contributed by atoms with Crippen LogP contribution in [0.4, 0.5) is 0 Å². The second-order valence-electron chi connectivity index (χ2n) is 5.15. The minimum atomic E-state index is 0.807. The summed E-state index contributed by atoms with van der Waals surface area (Å²) in [6.07, 6.45) is 1.33. The Morgan fingerprint density at radius 1 is 1.47 bits per heavy atom. The molecule has 0 bridgehead atoms. The maximum atomic E-state index is 5.24. The van der Waals surface area contributed by atoms with E-state index in [9.17, 15) is 0 Å². The summed E-state index contributed by atoms with van der Waals surface area (Å²) in [6.45, 7) is 7.96. The summed E-state index contributed by atoms with van der Waals surface area (Å²) in [7, 11) is 1.69. The third-order valence-electron chi connectivity index (χ3n) is 3.80. The molecule has 1 aromatic rings. The average Bonchev–Trinajstić information content (AvgIpc) is 2.87. The lowest BCUT2D eigenvalue weighted by atomic mass is 10.1. The number of hydrogen-bond acceptors (Lipinski definition) is 3. The highest BCUT2D eigenvalue weighted by Crippen LogP contribution is 2.25. The van der Waals surface area contributed by atoms with Crippen molar-refractivity contribution >= 4 is 15.9 Å². The summed E-state index contributed by atoms with van der Waals surface area (Å²) in [5.74, 6) is 1.69. The van der Waals surface area contributed by atoms with E-state index >= 15 is 0 Å². The van der Waals surface area contributed by atoms with Gasteiger partial charge in [0.15, 0.2) is 0 Å². The van der Waals surface area contributed by atoms with Crippen LogP contribution in [-0.2, 0) is 6.54 Å². The highest BCUT2D eigenvalue weighted by atomic mass is 79.9. The third kappa shape index (κ3) is 4.20. The molecule has 0 amide bonds. The van der Waals surface area contributed by atoms with Crippen LogP contribution in [-0.4, -0.2) is 38.2 Å². The van der Waals surface area contributed by atoms with Gasteiger partial charge in [0.1, 0.15) is 5.75 Å². The summed E-state index contributed by atoms with van der Waals surface area (Å²) in [5.41, 5.74) is 1.29. The predicted molar refractivity (Wildman–Crippen MR) is 82.6 cm³/mol. The summed E-state index contributed by atoms with van der Waals surface area (Å²) in [5, 5.41) is 3.56. The van der Waals surface area contributed by atoms with E-state index in [0.717, 1.165) is 29.2 Å². The first-order valence-corrected chi connectivity index (χ1v) is 7.77. The molecule has 1 aliphatic rings. The SMILES string of the molecule is CCN1CC[C@@H](CNCc2ccc(OC)c(Br)c2)C1. The Labute approximate surface area is 124 Å². The van der Waals surface area contributed by atoms with Crippen LogP contribution >= 0.6 is 15.9 Å². The van der Waals surface area contributed by atoms with Crippen LogP contribution in [0.2, 0.25) is 0 Å². The molecule has 1 aliphatic heterocycles. The van der Waals surface area contributed by atoms with Gasteiger partial charge in [-0.05, 0) is 65.6 Å². The van der Waals surface area contributed by atoms with E-state index in [1.165, 1.54) is 31.6 Å². The van der Waals surface area contributed by atoms with Crippen molar-refractivity contribution in [3.8, 4) is 5.75 Å². The van der Waals surface area contributed by atoms with Crippen LogP contribution in [0.5, 0.6) is 5.75 Å². The molecule has 0 aromatic heterocycles. The van der Waals surface area contributed by atoms with Gasteiger partial charge in [-0.15, -0.1) is 0 Å². The molecule has 2 rings (SSSR count). The monoisotopic (exact) mass is 326 g/mol. The molecule has 1 N–H and O–H groups in total. The molecule has 0 unspecified atom stereocenters. The van der Waals surface area contributed by atoms with E-state index in [1.807, 2.05) is 6.07 Å². The van der Waals surface area contributed by atoms with Crippen LogP contribution in [0.1, 0.15) is 18.9 Å². The first kappa shape index (κ1) is 14.8. The Morgan fingerprint density at radius 3 is 2.95 bits per heavy atom. The minimum absolute atomic E-state index is 0.807. The van der Waals surface area contributed by atoms with Gasteiger partial charge < -0.3 is 15.0 Å².